The molecule has 0 aliphatic carbocycles. The summed E-state index contributed by atoms with van der Waals surface area (Å²) in [5.41, 5.74) is 0. The lowest BCUT2D eigenvalue weighted by Crippen LogP contribution is -2.54. The molecule has 194 valence electrons. The van der Waals surface area contributed by atoms with E-state index in [0.717, 1.165) is 36.5 Å². The van der Waals surface area contributed by atoms with Crippen LogP contribution in [0.5, 0.6) is 0 Å². The van der Waals surface area contributed by atoms with E-state index in [1.54, 1.807) is 0 Å². The molecule has 0 rings (SSSR count). The number of rotatable bonds is 17. The van der Waals surface area contributed by atoms with Crippen LogP contribution in [0.1, 0.15) is 0 Å². The Balaban J connectivity index is 6.74. The summed E-state index contributed by atoms with van der Waals surface area (Å²) in [5, 5.41) is 0. The van der Waals surface area contributed by atoms with Crippen LogP contribution in [0, 0.1) is 0 Å². The van der Waals surface area contributed by atoms with Gasteiger partial charge in [-0.2, -0.15) is 0 Å². The number of esters is 6. The maximum absolute atomic E-state index is 12.1. The number of ether oxygens (including phenoxy) is 6. The quantitative estimate of drug-likeness (QED) is 0.156. The highest BCUT2D eigenvalue weighted by molar-refractivity contribution is 5.84. The molecule has 36 heavy (non-hydrogen) atoms. The Morgan fingerprint density at radius 3 is 0.944 bits per heavy atom. The Bertz CT molecular complexity index is 842. The molecular formula is C24H26O12. The van der Waals surface area contributed by atoms with Gasteiger partial charge in [0.25, 0.3) is 0 Å². The molecule has 0 aliphatic rings. The van der Waals surface area contributed by atoms with Crippen LogP contribution in [0.2, 0.25) is 0 Å². The van der Waals surface area contributed by atoms with Crippen LogP contribution in [-0.2, 0) is 57.2 Å². The molecule has 0 heterocycles. The van der Waals surface area contributed by atoms with Crippen LogP contribution >= 0.6 is 0 Å². The molecule has 0 amide bonds. The van der Waals surface area contributed by atoms with Gasteiger partial charge in [-0.05, 0) is 0 Å². The first kappa shape index (κ1) is 31.3. The minimum atomic E-state index is -1.83. The second kappa shape index (κ2) is 16.8. The van der Waals surface area contributed by atoms with E-state index in [1.165, 1.54) is 0 Å². The summed E-state index contributed by atoms with van der Waals surface area (Å²) >= 11 is 0. The van der Waals surface area contributed by atoms with E-state index in [2.05, 4.69) is 39.5 Å². The van der Waals surface area contributed by atoms with Crippen molar-refractivity contribution in [3.8, 4) is 0 Å². The Kier molecular flexibility index (Phi) is 14.6. The van der Waals surface area contributed by atoms with Crippen LogP contribution < -0.4 is 0 Å². The molecule has 0 saturated heterocycles. The van der Waals surface area contributed by atoms with Gasteiger partial charge in [-0.25, -0.2) is 28.8 Å². The van der Waals surface area contributed by atoms with Crippen molar-refractivity contribution in [2.24, 2.45) is 0 Å². The topological polar surface area (TPSA) is 158 Å². The third-order valence-electron chi connectivity index (χ3n) is 3.88. The fourth-order valence-electron chi connectivity index (χ4n) is 2.31. The van der Waals surface area contributed by atoms with E-state index in [0.29, 0.717) is 0 Å². The van der Waals surface area contributed by atoms with Gasteiger partial charge < -0.3 is 28.4 Å². The first-order chi connectivity index (χ1) is 17.1. The fourth-order valence-corrected chi connectivity index (χ4v) is 2.31. The largest absolute Gasteiger partial charge is 0.458 e. The van der Waals surface area contributed by atoms with E-state index in [9.17, 15) is 28.8 Å². The van der Waals surface area contributed by atoms with Gasteiger partial charge in [-0.1, -0.05) is 39.5 Å². The molecule has 0 aliphatic heterocycles. The van der Waals surface area contributed by atoms with E-state index in [4.69, 9.17) is 28.4 Å². The molecule has 0 radical (unpaired) electrons. The van der Waals surface area contributed by atoms with Gasteiger partial charge >= 0.3 is 35.8 Å². The Hall–Kier alpha value is -4.74. The molecule has 0 unspecified atom stereocenters. The average molecular weight is 506 g/mol. The predicted octanol–water partition coefficient (Wildman–Crippen LogP) is 0.836. The van der Waals surface area contributed by atoms with Crippen molar-refractivity contribution in [1.82, 2.24) is 0 Å². The third-order valence-corrected chi connectivity index (χ3v) is 3.88. The molecular weight excluding hydrogens is 480 g/mol. The number of hydrogen-bond donors (Lipinski definition) is 0. The van der Waals surface area contributed by atoms with Gasteiger partial charge in [-0.3, -0.25) is 0 Å². The van der Waals surface area contributed by atoms with Gasteiger partial charge in [0, 0.05) is 36.5 Å². The fraction of sp³-hybridized carbons (Fsp3) is 0.250. The summed E-state index contributed by atoms with van der Waals surface area (Å²) in [6, 6.07) is 0. The lowest BCUT2D eigenvalue weighted by atomic mass is 10.0. The highest BCUT2D eigenvalue weighted by atomic mass is 16.6. The van der Waals surface area contributed by atoms with Crippen LogP contribution in [0.25, 0.3) is 0 Å². The first-order valence-electron chi connectivity index (χ1n) is 9.97. The summed E-state index contributed by atoms with van der Waals surface area (Å²) in [6.45, 7) is 17.9. The van der Waals surface area contributed by atoms with Gasteiger partial charge in [0.05, 0.1) is 0 Å². The summed E-state index contributed by atoms with van der Waals surface area (Å²) in [6.07, 6.45) is -2.45. The van der Waals surface area contributed by atoms with Crippen molar-refractivity contribution in [2.45, 2.75) is 24.4 Å². The summed E-state index contributed by atoms with van der Waals surface area (Å²) < 4.78 is 30.6. The smallest absolute Gasteiger partial charge is 0.330 e. The second-order valence-electron chi connectivity index (χ2n) is 6.24. The summed E-state index contributed by atoms with van der Waals surface area (Å²) in [7, 11) is 0. The summed E-state index contributed by atoms with van der Waals surface area (Å²) in [4.78, 5) is 71.5. The van der Waals surface area contributed by atoms with Gasteiger partial charge in [0.1, 0.15) is 13.2 Å². The molecule has 0 fully saturated rings. The average Bonchev–Trinajstić information content (AvgIpc) is 2.89. The van der Waals surface area contributed by atoms with Crippen molar-refractivity contribution < 1.29 is 57.2 Å². The standard InChI is InChI=1S/C24H26O12/c1-7-17(25)31-13-15(33-19(27)9-3)23(35-21(29)11-5)24(36-22(30)12-6)16(34-20(28)10-4)14-32-18(26)8-2/h7-12,15-16,23-24H,1-6,13-14H2/t15-,16-,23-,24-/m1/s1. The molecule has 0 N–H and O–H groups in total. The van der Waals surface area contributed by atoms with Gasteiger partial charge in [0.2, 0.25) is 0 Å². The SMILES string of the molecule is C=CC(=O)OC[C@@H](OC(=O)C=C)[C@@H](OC(=O)C=C)[C@H](OC(=O)C=C)[C@@H](COC(=O)C=C)OC(=O)C=C. The number of carbonyl (C=O) groups excluding carboxylic acids is 6. The monoisotopic (exact) mass is 506 g/mol. The summed E-state index contributed by atoms with van der Waals surface area (Å²) in [5.74, 6) is -6.21. The predicted molar refractivity (Wildman–Crippen MR) is 123 cm³/mol. The lowest BCUT2D eigenvalue weighted by molar-refractivity contribution is -0.202. The molecule has 0 spiro atoms. The molecule has 0 aromatic carbocycles. The molecule has 0 saturated carbocycles. The van der Waals surface area contributed by atoms with Crippen molar-refractivity contribution >= 4 is 35.8 Å². The highest BCUT2D eigenvalue weighted by Gasteiger charge is 2.45. The number of hydrogen-bond acceptors (Lipinski definition) is 12. The normalized spacial score (nSPS) is 13.0. The molecule has 0 aromatic rings. The van der Waals surface area contributed by atoms with Crippen molar-refractivity contribution in [3.63, 3.8) is 0 Å². The Morgan fingerprint density at radius 2 is 0.694 bits per heavy atom. The minimum Gasteiger partial charge on any atom is -0.458 e. The zero-order valence-electron chi connectivity index (χ0n) is 19.3. The molecule has 12 heteroatoms. The minimum absolute atomic E-state index is 0.726. The third kappa shape index (κ3) is 11.4. The van der Waals surface area contributed by atoms with E-state index >= 15 is 0 Å². The van der Waals surface area contributed by atoms with E-state index < -0.39 is 73.4 Å². The van der Waals surface area contributed by atoms with Crippen molar-refractivity contribution in [1.29, 1.82) is 0 Å². The Morgan fingerprint density at radius 1 is 0.444 bits per heavy atom. The van der Waals surface area contributed by atoms with Gasteiger partial charge in [0.15, 0.2) is 24.4 Å². The molecule has 4 atom stereocenters. The zero-order chi connectivity index (χ0) is 27.7. The highest BCUT2D eigenvalue weighted by Crippen LogP contribution is 2.21. The molecule has 0 bridgehead atoms. The van der Waals surface area contributed by atoms with Crippen LogP contribution in [-0.4, -0.2) is 73.4 Å². The van der Waals surface area contributed by atoms with Crippen LogP contribution in [0.4, 0.5) is 0 Å². The van der Waals surface area contributed by atoms with Gasteiger partial charge in [-0.15, -0.1) is 0 Å². The number of carbonyl (C=O) groups is 6. The van der Waals surface area contributed by atoms with Crippen molar-refractivity contribution in [3.05, 3.63) is 75.9 Å². The van der Waals surface area contributed by atoms with Crippen LogP contribution in [0.3, 0.4) is 0 Å². The maximum atomic E-state index is 12.1. The maximum Gasteiger partial charge on any atom is 0.330 e. The van der Waals surface area contributed by atoms with E-state index in [-0.39, 0.29) is 0 Å². The van der Waals surface area contributed by atoms with Crippen LogP contribution in [0.15, 0.2) is 75.9 Å². The van der Waals surface area contributed by atoms with E-state index in [1.807, 2.05) is 0 Å². The van der Waals surface area contributed by atoms with Crippen molar-refractivity contribution in [2.75, 3.05) is 13.2 Å². The lowest BCUT2D eigenvalue weighted by Gasteiger charge is -2.35. The second-order valence-corrected chi connectivity index (χ2v) is 6.24. The zero-order valence-corrected chi connectivity index (χ0v) is 19.3. The molecule has 12 nitrogen and oxygen atoms in total. The molecule has 0 aromatic heterocycles. The Labute approximate surface area is 207 Å². The first-order valence-corrected chi connectivity index (χ1v) is 9.97.